The first-order valence-electron chi connectivity index (χ1n) is 16.3. The molecule has 3 N–H and O–H groups in total. The lowest BCUT2D eigenvalue weighted by atomic mass is 10.0. The predicted molar refractivity (Wildman–Crippen MR) is 181 cm³/mol. The van der Waals surface area contributed by atoms with Gasteiger partial charge in [-0.05, 0) is 38.8 Å². The van der Waals surface area contributed by atoms with E-state index in [2.05, 4.69) is 32.3 Å². The van der Waals surface area contributed by atoms with Crippen LogP contribution in [0.4, 0.5) is 22.0 Å². The number of unbranched alkanes of at least 4 members (excludes halogenated alkanes) is 6. The first-order valence-corrected chi connectivity index (χ1v) is 16.3. The molecule has 49 heavy (non-hydrogen) atoms. The Kier molecular flexibility index (Phi) is 14.6. The van der Waals surface area contributed by atoms with E-state index >= 15 is 0 Å². The average molecular weight is 701 g/mol. The van der Waals surface area contributed by atoms with Crippen molar-refractivity contribution in [3.8, 4) is 5.75 Å². The summed E-state index contributed by atoms with van der Waals surface area (Å²) >= 11 is 0. The van der Waals surface area contributed by atoms with Crippen molar-refractivity contribution in [2.75, 3.05) is 6.61 Å². The monoisotopic (exact) mass is 700 g/mol. The fourth-order valence-corrected chi connectivity index (χ4v) is 5.00. The average Bonchev–Trinajstić information content (AvgIpc) is 3.46. The number of aromatic amines is 1. The maximum atomic E-state index is 14.4. The lowest BCUT2D eigenvalue weighted by Gasteiger charge is -2.24. The number of hydrogen-bond donors (Lipinski definition) is 3. The van der Waals surface area contributed by atoms with Gasteiger partial charge in [-0.15, -0.1) is 0 Å². The SMILES string of the molecule is CCCCCCCCCOC=N[C@H](Cc1c[nH]c2ccccc12)C(=O)N[C@H](CC(=O)NC(C)(C)C)C(=O)Oc1c(F)c(F)c(F)c(F)c1F.[HH].[HH].[HH]. The Balaban J connectivity index is 0.00000867. The number of ether oxygens (including phenoxy) is 2. The number of H-pyrrole nitrogens is 1. The summed E-state index contributed by atoms with van der Waals surface area (Å²) in [5, 5.41) is 5.70. The molecule has 0 fully saturated rings. The molecule has 0 radical (unpaired) electrons. The third-order valence-electron chi connectivity index (χ3n) is 7.45. The van der Waals surface area contributed by atoms with E-state index in [0.29, 0.717) is 12.2 Å². The van der Waals surface area contributed by atoms with Gasteiger partial charge in [-0.1, -0.05) is 63.6 Å². The van der Waals surface area contributed by atoms with Crippen LogP contribution >= 0.6 is 0 Å². The number of esters is 1. The number of carbonyl (C=O) groups is 3. The second kappa shape index (κ2) is 18.3. The van der Waals surface area contributed by atoms with Crippen LogP contribution in [0, 0.1) is 29.1 Å². The van der Waals surface area contributed by atoms with E-state index in [0.717, 1.165) is 49.4 Å². The van der Waals surface area contributed by atoms with Crippen LogP contribution in [0.25, 0.3) is 10.9 Å². The molecule has 3 rings (SSSR count). The van der Waals surface area contributed by atoms with Crippen LogP contribution < -0.4 is 15.4 Å². The molecule has 0 spiro atoms. The Morgan fingerprint density at radius 2 is 1.53 bits per heavy atom. The zero-order chi connectivity index (χ0) is 36.1. The maximum Gasteiger partial charge on any atom is 0.334 e. The quantitative estimate of drug-likeness (QED) is 0.0184. The zero-order valence-electron chi connectivity index (χ0n) is 28.1. The second-order valence-corrected chi connectivity index (χ2v) is 12.7. The molecule has 0 aliphatic carbocycles. The van der Waals surface area contributed by atoms with E-state index in [1.54, 1.807) is 27.0 Å². The molecule has 9 nitrogen and oxygen atoms in total. The minimum absolute atomic E-state index is 0. The molecule has 3 aromatic rings. The summed E-state index contributed by atoms with van der Waals surface area (Å²) in [7, 11) is 0. The third kappa shape index (κ3) is 11.6. The molecular weight excluding hydrogens is 651 g/mol. The molecule has 0 saturated carbocycles. The van der Waals surface area contributed by atoms with Crippen LogP contribution in [0.15, 0.2) is 35.5 Å². The van der Waals surface area contributed by atoms with Gasteiger partial charge in [0.1, 0.15) is 12.1 Å². The Morgan fingerprint density at radius 3 is 2.18 bits per heavy atom. The minimum Gasteiger partial charge on any atom is -0.483 e. The van der Waals surface area contributed by atoms with E-state index < -0.39 is 76.7 Å². The van der Waals surface area contributed by atoms with Gasteiger partial charge in [-0.3, -0.25) is 9.59 Å². The van der Waals surface area contributed by atoms with Crippen molar-refractivity contribution in [2.45, 2.75) is 103 Å². The topological polar surface area (TPSA) is 122 Å². The normalized spacial score (nSPS) is 13.0. The molecule has 2 atom stereocenters. The molecule has 0 saturated heterocycles. The summed E-state index contributed by atoms with van der Waals surface area (Å²) in [6.45, 7) is 7.43. The van der Waals surface area contributed by atoms with Gasteiger partial charge in [0, 0.05) is 33.3 Å². The fraction of sp³-hybridized carbons (Fsp3) is 0.486. The van der Waals surface area contributed by atoms with Crippen LogP contribution in [0.2, 0.25) is 0 Å². The minimum atomic E-state index is -2.45. The number of fused-ring (bicyclic) bond motifs is 1. The Labute approximate surface area is 286 Å². The van der Waals surface area contributed by atoms with Crippen molar-refractivity contribution in [1.82, 2.24) is 15.6 Å². The summed E-state index contributed by atoms with van der Waals surface area (Å²) in [6.07, 6.45) is 9.48. The van der Waals surface area contributed by atoms with E-state index in [4.69, 9.17) is 4.74 Å². The van der Waals surface area contributed by atoms with E-state index in [-0.39, 0.29) is 10.7 Å². The molecule has 0 bridgehead atoms. The molecule has 274 valence electrons. The molecule has 2 aromatic carbocycles. The van der Waals surface area contributed by atoms with E-state index in [9.17, 15) is 36.3 Å². The fourth-order valence-electron chi connectivity index (χ4n) is 5.00. The highest BCUT2D eigenvalue weighted by atomic mass is 19.2. The molecule has 1 heterocycles. The molecule has 14 heteroatoms. The number of hydrogen-bond acceptors (Lipinski definition) is 6. The summed E-state index contributed by atoms with van der Waals surface area (Å²) < 4.78 is 80.1. The number of nitrogens with one attached hydrogen (secondary N) is 3. The Bertz CT molecular complexity index is 1610. The number of rotatable bonds is 18. The van der Waals surface area contributed by atoms with Crippen molar-refractivity contribution >= 4 is 35.1 Å². The van der Waals surface area contributed by atoms with Crippen LogP contribution in [-0.2, 0) is 25.5 Å². The number of aromatic nitrogens is 1. The van der Waals surface area contributed by atoms with E-state index in [1.807, 2.05) is 24.3 Å². The number of aliphatic imine (C=N–C) groups is 1. The van der Waals surface area contributed by atoms with Crippen molar-refractivity contribution in [3.63, 3.8) is 0 Å². The number of halogens is 5. The molecule has 1 aromatic heterocycles. The number of carbonyl (C=O) groups excluding carboxylic acids is 3. The summed E-state index contributed by atoms with van der Waals surface area (Å²) in [5.74, 6) is -17.1. The Morgan fingerprint density at radius 1 is 0.918 bits per heavy atom. The highest BCUT2D eigenvalue weighted by Gasteiger charge is 2.34. The highest BCUT2D eigenvalue weighted by Crippen LogP contribution is 2.29. The first-order chi connectivity index (χ1) is 23.2. The van der Waals surface area contributed by atoms with Crippen molar-refractivity contribution in [3.05, 3.63) is 65.1 Å². The van der Waals surface area contributed by atoms with Crippen LogP contribution in [-0.4, -0.2) is 53.4 Å². The smallest absolute Gasteiger partial charge is 0.334 e. The van der Waals surface area contributed by atoms with Gasteiger partial charge in [-0.25, -0.2) is 23.0 Å². The first kappa shape index (κ1) is 39.0. The second-order valence-electron chi connectivity index (χ2n) is 12.7. The van der Waals surface area contributed by atoms with Crippen molar-refractivity contribution < 1.29 is 50.1 Å². The van der Waals surface area contributed by atoms with Gasteiger partial charge >= 0.3 is 5.97 Å². The van der Waals surface area contributed by atoms with Gasteiger partial charge in [0.2, 0.25) is 46.6 Å². The number of benzene rings is 2. The highest BCUT2D eigenvalue weighted by molar-refractivity contribution is 5.93. The summed E-state index contributed by atoms with van der Waals surface area (Å²) in [4.78, 5) is 47.0. The molecule has 0 aliphatic rings. The molecule has 2 amide bonds. The summed E-state index contributed by atoms with van der Waals surface area (Å²) in [5.41, 5.74) is 0.691. The molecular formula is C35H49F5N4O5. The van der Waals surface area contributed by atoms with Crippen molar-refractivity contribution in [2.24, 2.45) is 4.99 Å². The van der Waals surface area contributed by atoms with Crippen LogP contribution in [0.1, 0.15) is 88.9 Å². The van der Waals surface area contributed by atoms with Gasteiger partial charge in [0.05, 0.1) is 13.0 Å². The molecule has 0 aliphatic heterocycles. The lowest BCUT2D eigenvalue weighted by Crippen LogP contribution is -2.51. The number of nitrogens with zero attached hydrogens (tertiary/aromatic N) is 1. The Hall–Kier alpha value is -4.49. The molecule has 0 unspecified atom stereocenters. The van der Waals surface area contributed by atoms with Gasteiger partial charge in [0.25, 0.3) is 0 Å². The number of amides is 2. The van der Waals surface area contributed by atoms with Gasteiger partial charge < -0.3 is 25.1 Å². The van der Waals surface area contributed by atoms with Gasteiger partial charge in [-0.2, -0.15) is 8.78 Å². The van der Waals surface area contributed by atoms with Crippen LogP contribution in [0.3, 0.4) is 0 Å². The largest absolute Gasteiger partial charge is 0.483 e. The van der Waals surface area contributed by atoms with Crippen LogP contribution in [0.5, 0.6) is 5.75 Å². The standard InChI is InChI=1S/C35H43F5N4O5.3H2/c1-5-6-7-8-9-10-13-16-48-20-42-24(17-21-19-41-23-15-12-11-14-22(21)23)33(46)43-25(18-26(45)44-35(2,3)4)34(47)49-32-30(39)28(37)27(36)29(38)31(32)40;;;/h11-12,14-15,19-20,24-25,41H,5-10,13,16-18H2,1-4H3,(H,43,46)(H,44,45);3*1H/t24-,25-;;;/m1.../s1. The number of para-hydroxylation sites is 1. The van der Waals surface area contributed by atoms with E-state index in [1.165, 1.54) is 12.8 Å². The predicted octanol–water partition coefficient (Wildman–Crippen LogP) is 7.70. The zero-order valence-corrected chi connectivity index (χ0v) is 28.1. The van der Waals surface area contributed by atoms with Gasteiger partial charge in [0.15, 0.2) is 6.40 Å². The lowest BCUT2D eigenvalue weighted by molar-refractivity contribution is -0.142. The third-order valence-corrected chi connectivity index (χ3v) is 7.45. The summed E-state index contributed by atoms with van der Waals surface area (Å²) in [6, 6.07) is 4.15. The maximum absolute atomic E-state index is 14.4. The van der Waals surface area contributed by atoms with Crippen molar-refractivity contribution in [1.29, 1.82) is 0 Å².